The molecule has 1 aromatic rings. The van der Waals surface area contributed by atoms with E-state index in [1.165, 1.54) is 24.8 Å². The van der Waals surface area contributed by atoms with E-state index in [0.29, 0.717) is 6.04 Å². The van der Waals surface area contributed by atoms with Crippen LogP contribution < -0.4 is 5.32 Å². The van der Waals surface area contributed by atoms with Crippen LogP contribution in [0.25, 0.3) is 0 Å². The number of nitrogens with one attached hydrogen (secondary N) is 1. The molecule has 1 aromatic carbocycles. The summed E-state index contributed by atoms with van der Waals surface area (Å²) < 4.78 is 5.66. The molecule has 0 bridgehead atoms. The molecule has 0 unspecified atom stereocenters. The predicted octanol–water partition coefficient (Wildman–Crippen LogP) is 3.80. The Labute approximate surface area is 118 Å². The molecule has 0 aromatic heterocycles. The Hall–Kier alpha value is -0.860. The van der Waals surface area contributed by atoms with Crippen LogP contribution in [0.1, 0.15) is 45.1 Å². The lowest BCUT2D eigenvalue weighted by Crippen LogP contribution is -2.23. The highest BCUT2D eigenvalue weighted by Gasteiger charge is 1.94. The highest BCUT2D eigenvalue weighted by atomic mass is 16.5. The van der Waals surface area contributed by atoms with Crippen molar-refractivity contribution in [1.29, 1.82) is 0 Å². The van der Waals surface area contributed by atoms with Gasteiger partial charge >= 0.3 is 0 Å². The van der Waals surface area contributed by atoms with E-state index in [-0.39, 0.29) is 0 Å². The largest absolute Gasteiger partial charge is 0.381 e. The van der Waals surface area contributed by atoms with Gasteiger partial charge in [-0.1, -0.05) is 44.2 Å². The first-order valence-electron chi connectivity index (χ1n) is 7.64. The van der Waals surface area contributed by atoms with E-state index in [1.54, 1.807) is 0 Å². The minimum absolute atomic E-state index is 0.606. The van der Waals surface area contributed by atoms with Gasteiger partial charge in [0, 0.05) is 19.3 Å². The Morgan fingerprint density at radius 2 is 1.68 bits per heavy atom. The van der Waals surface area contributed by atoms with E-state index in [4.69, 9.17) is 4.74 Å². The molecule has 0 amide bonds. The summed E-state index contributed by atoms with van der Waals surface area (Å²) in [5, 5.41) is 3.43. The molecule has 108 valence electrons. The minimum Gasteiger partial charge on any atom is -0.381 e. The second-order valence-corrected chi connectivity index (χ2v) is 5.37. The van der Waals surface area contributed by atoms with E-state index < -0.39 is 0 Å². The van der Waals surface area contributed by atoms with Crippen LogP contribution in [0.3, 0.4) is 0 Å². The first-order chi connectivity index (χ1) is 9.29. The number of aryl methyl sites for hydroxylation is 1. The Balaban J connectivity index is 1.81. The van der Waals surface area contributed by atoms with Crippen LogP contribution in [0.15, 0.2) is 30.3 Å². The zero-order valence-corrected chi connectivity index (χ0v) is 12.5. The van der Waals surface area contributed by atoms with E-state index >= 15 is 0 Å². The Kier molecular flexibility index (Phi) is 9.38. The van der Waals surface area contributed by atoms with Gasteiger partial charge < -0.3 is 10.1 Å². The molecule has 0 heterocycles. The molecule has 0 radical (unpaired) electrons. The van der Waals surface area contributed by atoms with Crippen molar-refractivity contribution < 1.29 is 4.74 Å². The fourth-order valence-electron chi connectivity index (χ4n) is 2.02. The molecular weight excluding hydrogens is 234 g/mol. The van der Waals surface area contributed by atoms with Gasteiger partial charge in [0.1, 0.15) is 0 Å². The van der Waals surface area contributed by atoms with Crippen LogP contribution in [0.2, 0.25) is 0 Å². The molecule has 0 atom stereocenters. The molecule has 2 heteroatoms. The van der Waals surface area contributed by atoms with Crippen LogP contribution in [0, 0.1) is 0 Å². The number of hydrogen-bond acceptors (Lipinski definition) is 2. The summed E-state index contributed by atoms with van der Waals surface area (Å²) in [4.78, 5) is 0. The zero-order valence-electron chi connectivity index (χ0n) is 12.5. The van der Waals surface area contributed by atoms with Crippen molar-refractivity contribution in [3.8, 4) is 0 Å². The summed E-state index contributed by atoms with van der Waals surface area (Å²) in [5.74, 6) is 0. The van der Waals surface area contributed by atoms with E-state index in [1.807, 2.05) is 0 Å². The quantitative estimate of drug-likeness (QED) is 0.613. The van der Waals surface area contributed by atoms with Gasteiger partial charge in [0.15, 0.2) is 0 Å². The van der Waals surface area contributed by atoms with Gasteiger partial charge in [0.2, 0.25) is 0 Å². The minimum atomic E-state index is 0.606. The van der Waals surface area contributed by atoms with Crippen LogP contribution in [-0.4, -0.2) is 25.8 Å². The van der Waals surface area contributed by atoms with Crippen molar-refractivity contribution in [1.82, 2.24) is 5.32 Å². The number of rotatable bonds is 11. The van der Waals surface area contributed by atoms with Gasteiger partial charge in [-0.05, 0) is 44.2 Å². The third kappa shape index (κ3) is 9.69. The lowest BCUT2D eigenvalue weighted by Gasteiger charge is -2.07. The number of benzene rings is 1. The first-order valence-corrected chi connectivity index (χ1v) is 7.64. The monoisotopic (exact) mass is 263 g/mol. The van der Waals surface area contributed by atoms with Gasteiger partial charge in [-0.25, -0.2) is 0 Å². The molecule has 19 heavy (non-hydrogen) atoms. The van der Waals surface area contributed by atoms with Crippen molar-refractivity contribution in [3.05, 3.63) is 35.9 Å². The summed E-state index contributed by atoms with van der Waals surface area (Å²) in [6.45, 7) is 7.31. The molecule has 0 aliphatic rings. The van der Waals surface area contributed by atoms with Gasteiger partial charge in [-0.15, -0.1) is 0 Å². The van der Waals surface area contributed by atoms with Crippen LogP contribution >= 0.6 is 0 Å². The molecule has 2 nitrogen and oxygen atoms in total. The second kappa shape index (κ2) is 11.0. The van der Waals surface area contributed by atoms with Gasteiger partial charge in [0.05, 0.1) is 0 Å². The Morgan fingerprint density at radius 1 is 0.947 bits per heavy atom. The highest BCUT2D eigenvalue weighted by molar-refractivity contribution is 5.14. The number of ether oxygens (including phenoxy) is 1. The van der Waals surface area contributed by atoms with Gasteiger partial charge in [-0.3, -0.25) is 0 Å². The summed E-state index contributed by atoms with van der Waals surface area (Å²) in [7, 11) is 0. The average molecular weight is 263 g/mol. The SMILES string of the molecule is CC(C)NCCCCCOCCCc1ccccc1. The standard InChI is InChI=1S/C17H29NO/c1-16(2)18-13-7-4-8-14-19-15-9-12-17-10-5-3-6-11-17/h3,5-6,10-11,16,18H,4,7-9,12-15H2,1-2H3. The van der Waals surface area contributed by atoms with E-state index in [9.17, 15) is 0 Å². The number of hydrogen-bond donors (Lipinski definition) is 1. The molecule has 0 fully saturated rings. The average Bonchev–Trinajstić information content (AvgIpc) is 2.42. The smallest absolute Gasteiger partial charge is 0.0469 e. The number of unbranched alkanes of at least 4 members (excludes halogenated alkanes) is 2. The zero-order chi connectivity index (χ0) is 13.8. The van der Waals surface area contributed by atoms with Gasteiger partial charge in [0.25, 0.3) is 0 Å². The molecule has 0 aliphatic heterocycles. The maximum absolute atomic E-state index is 5.66. The van der Waals surface area contributed by atoms with Crippen molar-refractivity contribution >= 4 is 0 Å². The van der Waals surface area contributed by atoms with Crippen molar-refractivity contribution in [3.63, 3.8) is 0 Å². The maximum atomic E-state index is 5.66. The van der Waals surface area contributed by atoms with Crippen molar-refractivity contribution in [2.45, 2.75) is 52.0 Å². The van der Waals surface area contributed by atoms with Crippen molar-refractivity contribution in [2.75, 3.05) is 19.8 Å². The summed E-state index contributed by atoms with van der Waals surface area (Å²) in [6.07, 6.45) is 5.95. The maximum Gasteiger partial charge on any atom is 0.0469 e. The summed E-state index contributed by atoms with van der Waals surface area (Å²) in [5.41, 5.74) is 1.41. The van der Waals surface area contributed by atoms with Crippen LogP contribution in [0.4, 0.5) is 0 Å². The third-order valence-electron chi connectivity index (χ3n) is 3.11. The van der Waals surface area contributed by atoms with Crippen molar-refractivity contribution in [2.24, 2.45) is 0 Å². The normalized spacial score (nSPS) is 11.1. The molecule has 1 N–H and O–H groups in total. The highest BCUT2D eigenvalue weighted by Crippen LogP contribution is 2.03. The fraction of sp³-hybridized carbons (Fsp3) is 0.647. The first kappa shape index (κ1) is 16.2. The molecule has 0 saturated carbocycles. The molecule has 0 aliphatic carbocycles. The van der Waals surface area contributed by atoms with E-state index in [2.05, 4.69) is 49.5 Å². The Morgan fingerprint density at radius 3 is 2.42 bits per heavy atom. The molecule has 1 rings (SSSR count). The lowest BCUT2D eigenvalue weighted by molar-refractivity contribution is 0.128. The van der Waals surface area contributed by atoms with Crippen LogP contribution in [-0.2, 0) is 11.2 Å². The Bertz CT molecular complexity index is 297. The third-order valence-corrected chi connectivity index (χ3v) is 3.11. The molecule has 0 spiro atoms. The fourth-order valence-corrected chi connectivity index (χ4v) is 2.02. The predicted molar refractivity (Wildman–Crippen MR) is 82.6 cm³/mol. The second-order valence-electron chi connectivity index (χ2n) is 5.37. The summed E-state index contributed by atoms with van der Waals surface area (Å²) in [6, 6.07) is 11.2. The lowest BCUT2D eigenvalue weighted by atomic mass is 10.1. The van der Waals surface area contributed by atoms with Crippen LogP contribution in [0.5, 0.6) is 0 Å². The van der Waals surface area contributed by atoms with Gasteiger partial charge in [-0.2, -0.15) is 0 Å². The molecule has 0 saturated heterocycles. The topological polar surface area (TPSA) is 21.3 Å². The van der Waals surface area contributed by atoms with E-state index in [0.717, 1.165) is 32.6 Å². The molecular formula is C17H29NO. The summed E-state index contributed by atoms with van der Waals surface area (Å²) >= 11 is 0.